The van der Waals surface area contributed by atoms with Gasteiger partial charge in [-0.3, -0.25) is 4.79 Å². The Bertz CT molecular complexity index is 641. The van der Waals surface area contributed by atoms with E-state index in [0.29, 0.717) is 17.9 Å². The zero-order chi connectivity index (χ0) is 18.4. The molecule has 4 nitrogen and oxygen atoms in total. The van der Waals surface area contributed by atoms with Crippen molar-refractivity contribution in [2.75, 3.05) is 0 Å². The summed E-state index contributed by atoms with van der Waals surface area (Å²) in [6, 6.07) is 7.33. The number of terminal acetylenes is 1. The second kappa shape index (κ2) is 8.20. The number of Topliss-reactive ketones (excluding diaryl/α,β-unsaturated/α-hetero) is 1. The summed E-state index contributed by atoms with van der Waals surface area (Å²) in [7, 11) is 0. The number of carbonyl (C=O) groups excluding carboxylic acids is 2. The van der Waals surface area contributed by atoms with Gasteiger partial charge in [0.1, 0.15) is 5.60 Å². The first-order valence-corrected chi connectivity index (χ1v) is 8.86. The topological polar surface area (TPSA) is 55.4 Å². The minimum Gasteiger partial charge on any atom is -0.444 e. The largest absolute Gasteiger partial charge is 0.444 e. The minimum absolute atomic E-state index is 0.135. The van der Waals surface area contributed by atoms with Crippen LogP contribution in [-0.4, -0.2) is 23.5 Å². The maximum absolute atomic E-state index is 12.4. The lowest BCUT2D eigenvalue weighted by Crippen LogP contribution is -2.41. The molecule has 1 aliphatic rings. The van der Waals surface area contributed by atoms with Gasteiger partial charge < -0.3 is 10.1 Å². The van der Waals surface area contributed by atoms with Gasteiger partial charge in [-0.2, -0.15) is 0 Å². The summed E-state index contributed by atoms with van der Waals surface area (Å²) >= 11 is 0. The van der Waals surface area contributed by atoms with Crippen LogP contribution in [-0.2, 0) is 4.74 Å². The Morgan fingerprint density at radius 1 is 1.16 bits per heavy atom. The molecule has 0 heterocycles. The van der Waals surface area contributed by atoms with E-state index in [1.165, 1.54) is 0 Å². The molecule has 25 heavy (non-hydrogen) atoms. The van der Waals surface area contributed by atoms with Crippen molar-refractivity contribution in [1.82, 2.24) is 5.32 Å². The van der Waals surface area contributed by atoms with Crippen LogP contribution in [0.5, 0.6) is 0 Å². The Morgan fingerprint density at radius 2 is 1.76 bits per heavy atom. The highest BCUT2D eigenvalue weighted by Crippen LogP contribution is 2.28. The molecule has 0 atom stereocenters. The molecule has 1 amide bonds. The molecular weight excluding hydrogens is 314 g/mol. The number of nitrogens with one attached hydrogen (secondary N) is 1. The van der Waals surface area contributed by atoms with Crippen LogP contribution >= 0.6 is 0 Å². The minimum atomic E-state index is -0.483. The average molecular weight is 341 g/mol. The molecule has 0 unspecified atom stereocenters. The van der Waals surface area contributed by atoms with E-state index in [2.05, 4.69) is 11.2 Å². The number of hydrogen-bond acceptors (Lipinski definition) is 3. The van der Waals surface area contributed by atoms with Crippen molar-refractivity contribution in [2.45, 2.75) is 64.5 Å². The fourth-order valence-corrected chi connectivity index (χ4v) is 3.12. The number of carbonyl (C=O) groups is 2. The third kappa shape index (κ3) is 6.26. The van der Waals surface area contributed by atoms with Crippen molar-refractivity contribution in [1.29, 1.82) is 0 Å². The van der Waals surface area contributed by atoms with Crippen molar-refractivity contribution in [3.8, 4) is 12.3 Å². The van der Waals surface area contributed by atoms with Gasteiger partial charge in [0.25, 0.3) is 0 Å². The predicted molar refractivity (Wildman–Crippen MR) is 98.4 cm³/mol. The van der Waals surface area contributed by atoms with Crippen LogP contribution in [0.4, 0.5) is 4.79 Å². The second-order valence-electron chi connectivity index (χ2n) is 7.71. The Labute approximate surface area is 150 Å². The molecule has 4 heteroatoms. The number of alkyl carbamates (subject to hydrolysis) is 1. The molecular formula is C21H27NO3. The molecule has 1 N–H and O–H groups in total. The summed E-state index contributed by atoms with van der Waals surface area (Å²) in [5.74, 6) is 3.08. The monoisotopic (exact) mass is 341 g/mol. The number of rotatable bonds is 4. The molecule has 1 aromatic carbocycles. The van der Waals surface area contributed by atoms with Gasteiger partial charge >= 0.3 is 6.09 Å². The molecule has 0 aromatic heterocycles. The normalized spacial score (nSPS) is 20.4. The number of amides is 1. The highest BCUT2D eigenvalue weighted by molar-refractivity contribution is 5.96. The van der Waals surface area contributed by atoms with Crippen molar-refractivity contribution in [3.05, 3.63) is 35.4 Å². The summed E-state index contributed by atoms with van der Waals surface area (Å²) in [4.78, 5) is 24.2. The van der Waals surface area contributed by atoms with Crippen LogP contribution in [0.25, 0.3) is 0 Å². The standard InChI is InChI=1S/C21H27NO3/c1-5-15-6-10-17(11-7-15)19(23)14-16-8-12-18(13-9-16)22-20(24)25-21(2,3)4/h1,6-7,10-11,16,18H,8-9,12-14H2,2-4H3,(H,22,24). The van der Waals surface area contributed by atoms with Gasteiger partial charge in [-0.1, -0.05) is 18.1 Å². The maximum Gasteiger partial charge on any atom is 0.407 e. The van der Waals surface area contributed by atoms with Gasteiger partial charge in [0, 0.05) is 23.6 Å². The summed E-state index contributed by atoms with van der Waals surface area (Å²) in [6.07, 6.45) is 9.17. The third-order valence-electron chi connectivity index (χ3n) is 4.42. The van der Waals surface area contributed by atoms with Crippen LogP contribution in [0.1, 0.15) is 68.8 Å². The smallest absolute Gasteiger partial charge is 0.407 e. The van der Waals surface area contributed by atoms with E-state index in [-0.39, 0.29) is 17.9 Å². The van der Waals surface area contributed by atoms with Crippen LogP contribution in [0.3, 0.4) is 0 Å². The van der Waals surface area contributed by atoms with Crippen LogP contribution in [0, 0.1) is 18.3 Å². The highest BCUT2D eigenvalue weighted by atomic mass is 16.6. The van der Waals surface area contributed by atoms with Gasteiger partial charge in [0.05, 0.1) is 0 Å². The van der Waals surface area contributed by atoms with Crippen LogP contribution < -0.4 is 5.32 Å². The quantitative estimate of drug-likeness (QED) is 0.655. The summed E-state index contributed by atoms with van der Waals surface area (Å²) < 4.78 is 5.29. The van der Waals surface area contributed by atoms with Crippen LogP contribution in [0.15, 0.2) is 24.3 Å². The highest BCUT2D eigenvalue weighted by Gasteiger charge is 2.26. The van der Waals surface area contributed by atoms with E-state index in [1.54, 1.807) is 24.3 Å². The molecule has 134 valence electrons. The van der Waals surface area contributed by atoms with Crippen molar-refractivity contribution in [2.24, 2.45) is 5.92 Å². The van der Waals surface area contributed by atoms with Crippen molar-refractivity contribution in [3.63, 3.8) is 0 Å². The fourth-order valence-electron chi connectivity index (χ4n) is 3.12. The average Bonchev–Trinajstić information content (AvgIpc) is 2.55. The van der Waals surface area contributed by atoms with Gasteiger partial charge in [0.15, 0.2) is 5.78 Å². The fraction of sp³-hybridized carbons (Fsp3) is 0.524. The Kier molecular flexibility index (Phi) is 6.25. The molecule has 2 rings (SSSR count). The molecule has 1 saturated carbocycles. The molecule has 1 aromatic rings. The summed E-state index contributed by atoms with van der Waals surface area (Å²) in [6.45, 7) is 5.56. The van der Waals surface area contributed by atoms with E-state index < -0.39 is 5.60 Å². The van der Waals surface area contributed by atoms with E-state index in [1.807, 2.05) is 20.8 Å². The van der Waals surface area contributed by atoms with Gasteiger partial charge in [-0.15, -0.1) is 6.42 Å². The molecule has 0 radical (unpaired) electrons. The first kappa shape index (κ1) is 19.1. The number of benzene rings is 1. The van der Waals surface area contributed by atoms with Crippen molar-refractivity contribution >= 4 is 11.9 Å². The molecule has 1 fully saturated rings. The first-order chi connectivity index (χ1) is 11.8. The summed E-state index contributed by atoms with van der Waals surface area (Å²) in [5.41, 5.74) is 1.01. The van der Waals surface area contributed by atoms with E-state index >= 15 is 0 Å². The van der Waals surface area contributed by atoms with Gasteiger partial charge in [0.2, 0.25) is 0 Å². The zero-order valence-electron chi connectivity index (χ0n) is 15.3. The number of hydrogen-bond donors (Lipinski definition) is 1. The molecule has 0 bridgehead atoms. The van der Waals surface area contributed by atoms with E-state index in [9.17, 15) is 9.59 Å². The lowest BCUT2D eigenvalue weighted by Gasteiger charge is -2.29. The first-order valence-electron chi connectivity index (χ1n) is 8.86. The second-order valence-corrected chi connectivity index (χ2v) is 7.71. The molecule has 0 spiro atoms. The number of ether oxygens (including phenoxy) is 1. The van der Waals surface area contributed by atoms with E-state index in [0.717, 1.165) is 31.2 Å². The van der Waals surface area contributed by atoms with Gasteiger partial charge in [-0.25, -0.2) is 4.79 Å². The summed E-state index contributed by atoms with van der Waals surface area (Å²) in [5, 5.41) is 2.93. The van der Waals surface area contributed by atoms with Crippen LogP contribution in [0.2, 0.25) is 0 Å². The van der Waals surface area contributed by atoms with Crippen molar-refractivity contribution < 1.29 is 14.3 Å². The van der Waals surface area contributed by atoms with Gasteiger partial charge in [-0.05, 0) is 64.5 Å². The molecule has 0 aliphatic heterocycles. The Hall–Kier alpha value is -2.28. The Balaban J connectivity index is 1.77. The lowest BCUT2D eigenvalue weighted by atomic mass is 9.82. The molecule has 1 aliphatic carbocycles. The number of ketones is 1. The maximum atomic E-state index is 12.4. The lowest BCUT2D eigenvalue weighted by molar-refractivity contribution is 0.0485. The zero-order valence-corrected chi connectivity index (χ0v) is 15.3. The third-order valence-corrected chi connectivity index (χ3v) is 4.42. The molecule has 0 saturated heterocycles. The predicted octanol–water partition coefficient (Wildman–Crippen LogP) is 4.32. The van der Waals surface area contributed by atoms with E-state index in [4.69, 9.17) is 11.2 Å². The SMILES string of the molecule is C#Cc1ccc(C(=O)CC2CCC(NC(=O)OC(C)(C)C)CC2)cc1. The Morgan fingerprint density at radius 3 is 2.28 bits per heavy atom.